The van der Waals surface area contributed by atoms with E-state index in [1.54, 1.807) is 6.92 Å². The standard InChI is InChI=1S/C10H21NO2/c1-5-9(13)11-8(7-12)6-10(2,3)4/h8,12H,5-7H2,1-4H3,(H,11,13)/t8-/m0/s1. The summed E-state index contributed by atoms with van der Waals surface area (Å²) < 4.78 is 0. The summed E-state index contributed by atoms with van der Waals surface area (Å²) in [5.74, 6) is 0.00306. The average Bonchev–Trinajstić information content (AvgIpc) is 2.00. The zero-order chi connectivity index (χ0) is 10.5. The lowest BCUT2D eigenvalue weighted by molar-refractivity contribution is -0.122. The van der Waals surface area contributed by atoms with Crippen LogP contribution in [0.4, 0.5) is 0 Å². The van der Waals surface area contributed by atoms with E-state index in [1.807, 2.05) is 0 Å². The molecule has 0 spiro atoms. The Labute approximate surface area is 80.5 Å². The second-order valence-corrected chi connectivity index (χ2v) is 4.57. The van der Waals surface area contributed by atoms with Gasteiger partial charge in [0, 0.05) is 6.42 Å². The highest BCUT2D eigenvalue weighted by molar-refractivity contribution is 5.75. The van der Waals surface area contributed by atoms with Crippen LogP contribution in [0.5, 0.6) is 0 Å². The first-order valence-electron chi connectivity index (χ1n) is 4.79. The Morgan fingerprint density at radius 3 is 2.31 bits per heavy atom. The number of rotatable bonds is 4. The van der Waals surface area contributed by atoms with Gasteiger partial charge in [-0.3, -0.25) is 4.79 Å². The van der Waals surface area contributed by atoms with Crippen LogP contribution in [-0.2, 0) is 4.79 Å². The van der Waals surface area contributed by atoms with Gasteiger partial charge in [-0.1, -0.05) is 27.7 Å². The van der Waals surface area contributed by atoms with Gasteiger partial charge in [-0.2, -0.15) is 0 Å². The maximum atomic E-state index is 11.0. The molecule has 78 valence electrons. The molecule has 0 aromatic carbocycles. The molecule has 0 aromatic heterocycles. The van der Waals surface area contributed by atoms with Gasteiger partial charge in [-0.25, -0.2) is 0 Å². The van der Waals surface area contributed by atoms with Gasteiger partial charge < -0.3 is 10.4 Å². The molecule has 0 rings (SSSR count). The maximum absolute atomic E-state index is 11.0. The number of hydrogen-bond donors (Lipinski definition) is 2. The number of aliphatic hydroxyl groups excluding tert-OH is 1. The summed E-state index contributed by atoms with van der Waals surface area (Å²) >= 11 is 0. The number of hydrogen-bond acceptors (Lipinski definition) is 2. The highest BCUT2D eigenvalue weighted by atomic mass is 16.3. The highest BCUT2D eigenvalue weighted by Gasteiger charge is 2.18. The van der Waals surface area contributed by atoms with Crippen molar-refractivity contribution in [3.63, 3.8) is 0 Å². The van der Waals surface area contributed by atoms with Crippen molar-refractivity contribution in [1.29, 1.82) is 0 Å². The van der Waals surface area contributed by atoms with Gasteiger partial charge in [0.15, 0.2) is 0 Å². The van der Waals surface area contributed by atoms with Gasteiger partial charge in [0.1, 0.15) is 0 Å². The molecule has 3 heteroatoms. The van der Waals surface area contributed by atoms with Crippen LogP contribution in [0.3, 0.4) is 0 Å². The van der Waals surface area contributed by atoms with Gasteiger partial charge in [-0.05, 0) is 11.8 Å². The van der Waals surface area contributed by atoms with Crippen molar-refractivity contribution in [1.82, 2.24) is 5.32 Å². The summed E-state index contributed by atoms with van der Waals surface area (Å²) in [5, 5.41) is 11.8. The van der Waals surface area contributed by atoms with Crippen LogP contribution >= 0.6 is 0 Å². The molecular formula is C10H21NO2. The fourth-order valence-electron chi connectivity index (χ4n) is 1.23. The van der Waals surface area contributed by atoms with E-state index in [4.69, 9.17) is 5.11 Å². The maximum Gasteiger partial charge on any atom is 0.220 e. The van der Waals surface area contributed by atoms with E-state index < -0.39 is 0 Å². The van der Waals surface area contributed by atoms with Gasteiger partial charge in [0.05, 0.1) is 12.6 Å². The van der Waals surface area contributed by atoms with Crippen molar-refractivity contribution in [3.8, 4) is 0 Å². The number of aliphatic hydroxyl groups is 1. The molecule has 0 aliphatic carbocycles. The molecule has 1 amide bonds. The lowest BCUT2D eigenvalue weighted by Crippen LogP contribution is -2.39. The lowest BCUT2D eigenvalue weighted by Gasteiger charge is -2.25. The van der Waals surface area contributed by atoms with Crippen molar-refractivity contribution in [2.75, 3.05) is 6.61 Å². The van der Waals surface area contributed by atoms with Gasteiger partial charge in [0.25, 0.3) is 0 Å². The summed E-state index contributed by atoms with van der Waals surface area (Å²) in [4.78, 5) is 11.0. The second-order valence-electron chi connectivity index (χ2n) is 4.57. The van der Waals surface area contributed by atoms with E-state index in [1.165, 1.54) is 0 Å². The third-order valence-corrected chi connectivity index (χ3v) is 1.77. The molecule has 0 aromatic rings. The van der Waals surface area contributed by atoms with E-state index in [2.05, 4.69) is 26.1 Å². The van der Waals surface area contributed by atoms with Crippen molar-refractivity contribution in [2.24, 2.45) is 5.41 Å². The van der Waals surface area contributed by atoms with Crippen LogP contribution in [0.1, 0.15) is 40.5 Å². The van der Waals surface area contributed by atoms with Crippen molar-refractivity contribution in [3.05, 3.63) is 0 Å². The minimum absolute atomic E-state index is 0.00306. The zero-order valence-corrected chi connectivity index (χ0v) is 9.05. The smallest absolute Gasteiger partial charge is 0.220 e. The van der Waals surface area contributed by atoms with Crippen LogP contribution < -0.4 is 5.32 Å². The first-order chi connectivity index (χ1) is 5.89. The second kappa shape index (κ2) is 5.22. The molecule has 3 nitrogen and oxygen atoms in total. The Hall–Kier alpha value is -0.570. The number of carbonyl (C=O) groups excluding carboxylic acids is 1. The quantitative estimate of drug-likeness (QED) is 0.697. The van der Waals surface area contributed by atoms with E-state index in [0.717, 1.165) is 6.42 Å². The molecule has 0 saturated carbocycles. The molecule has 0 unspecified atom stereocenters. The summed E-state index contributed by atoms with van der Waals surface area (Å²) in [6, 6.07) is -0.104. The predicted molar refractivity (Wildman–Crippen MR) is 53.4 cm³/mol. The molecule has 0 fully saturated rings. The average molecular weight is 187 g/mol. The fourth-order valence-corrected chi connectivity index (χ4v) is 1.23. The van der Waals surface area contributed by atoms with E-state index in [0.29, 0.717) is 6.42 Å². The topological polar surface area (TPSA) is 49.3 Å². The Balaban J connectivity index is 3.97. The van der Waals surface area contributed by atoms with Crippen molar-refractivity contribution in [2.45, 2.75) is 46.6 Å². The third kappa shape index (κ3) is 6.58. The van der Waals surface area contributed by atoms with Crippen LogP contribution in [-0.4, -0.2) is 23.7 Å². The van der Waals surface area contributed by atoms with E-state index >= 15 is 0 Å². The fraction of sp³-hybridized carbons (Fsp3) is 0.900. The minimum atomic E-state index is -0.104. The minimum Gasteiger partial charge on any atom is -0.394 e. The van der Waals surface area contributed by atoms with Crippen LogP contribution in [0.15, 0.2) is 0 Å². The van der Waals surface area contributed by atoms with Gasteiger partial charge >= 0.3 is 0 Å². The molecule has 0 aliphatic heterocycles. The normalized spacial score (nSPS) is 13.9. The highest BCUT2D eigenvalue weighted by Crippen LogP contribution is 2.20. The predicted octanol–water partition coefficient (Wildman–Crippen LogP) is 1.31. The summed E-state index contributed by atoms with van der Waals surface area (Å²) in [6.45, 7) is 8.10. The van der Waals surface area contributed by atoms with Crippen molar-refractivity contribution >= 4 is 5.91 Å². The van der Waals surface area contributed by atoms with Crippen LogP contribution in [0, 0.1) is 5.41 Å². The number of amides is 1. The molecule has 0 heterocycles. The monoisotopic (exact) mass is 187 g/mol. The SMILES string of the molecule is CCC(=O)N[C@H](CO)CC(C)(C)C. The largest absolute Gasteiger partial charge is 0.394 e. The van der Waals surface area contributed by atoms with Crippen molar-refractivity contribution < 1.29 is 9.90 Å². The van der Waals surface area contributed by atoms with Gasteiger partial charge in [0.2, 0.25) is 5.91 Å². The number of carbonyl (C=O) groups is 1. The van der Waals surface area contributed by atoms with Crippen LogP contribution in [0.25, 0.3) is 0 Å². The molecule has 2 N–H and O–H groups in total. The molecule has 1 atom stereocenters. The molecule has 0 aliphatic rings. The Kier molecular flexibility index (Phi) is 4.99. The molecular weight excluding hydrogens is 166 g/mol. The van der Waals surface area contributed by atoms with E-state index in [-0.39, 0.29) is 24.0 Å². The summed E-state index contributed by atoms with van der Waals surface area (Å²) in [5.41, 5.74) is 0.133. The first-order valence-corrected chi connectivity index (χ1v) is 4.79. The number of nitrogens with one attached hydrogen (secondary N) is 1. The molecule has 0 radical (unpaired) electrons. The Morgan fingerprint density at radius 1 is 1.46 bits per heavy atom. The lowest BCUT2D eigenvalue weighted by atomic mass is 9.88. The molecule has 0 bridgehead atoms. The Bertz CT molecular complexity index is 161. The zero-order valence-electron chi connectivity index (χ0n) is 9.05. The Morgan fingerprint density at radius 2 is 2.00 bits per heavy atom. The summed E-state index contributed by atoms with van der Waals surface area (Å²) in [7, 11) is 0. The van der Waals surface area contributed by atoms with Crippen LogP contribution in [0.2, 0.25) is 0 Å². The van der Waals surface area contributed by atoms with E-state index in [9.17, 15) is 4.79 Å². The van der Waals surface area contributed by atoms with Gasteiger partial charge in [-0.15, -0.1) is 0 Å². The molecule has 0 saturated heterocycles. The first kappa shape index (κ1) is 12.4. The summed E-state index contributed by atoms with van der Waals surface area (Å²) in [6.07, 6.45) is 1.27. The third-order valence-electron chi connectivity index (χ3n) is 1.77. The molecule has 13 heavy (non-hydrogen) atoms.